The van der Waals surface area contributed by atoms with E-state index in [-0.39, 0.29) is 0 Å². The van der Waals surface area contributed by atoms with Crippen LogP contribution in [0.2, 0.25) is 0 Å². The van der Waals surface area contributed by atoms with Gasteiger partial charge in [0.2, 0.25) is 5.89 Å². The molecule has 1 N–H and O–H groups in total. The largest absolute Gasteiger partial charge is 0.436 e. The van der Waals surface area contributed by atoms with Gasteiger partial charge in [-0.3, -0.25) is 4.98 Å². The number of nitrogens with one attached hydrogen (secondary N) is 1. The number of aromatic amines is 1. The Balaban J connectivity index is 2.04. The Morgan fingerprint density at radius 1 is 1.11 bits per heavy atom. The van der Waals surface area contributed by atoms with Gasteiger partial charge in [-0.25, -0.2) is 4.98 Å². The second-order valence-electron chi connectivity index (χ2n) is 4.11. The third-order valence-corrected chi connectivity index (χ3v) is 3.00. The lowest BCUT2D eigenvalue weighted by molar-refractivity contribution is 0.619. The first-order chi connectivity index (χ1) is 8.92. The van der Waals surface area contributed by atoms with Crippen LogP contribution in [-0.2, 0) is 0 Å². The van der Waals surface area contributed by atoms with Crippen LogP contribution in [0.1, 0.15) is 0 Å². The van der Waals surface area contributed by atoms with Crippen molar-refractivity contribution in [1.82, 2.24) is 15.0 Å². The van der Waals surface area contributed by atoms with Gasteiger partial charge >= 0.3 is 0 Å². The Kier molecular flexibility index (Phi) is 1.80. The Hall–Kier alpha value is -2.62. The number of benzene rings is 1. The molecule has 0 amide bonds. The number of pyridine rings is 1. The van der Waals surface area contributed by atoms with E-state index in [1.165, 1.54) is 0 Å². The van der Waals surface area contributed by atoms with Gasteiger partial charge in [0.15, 0.2) is 5.58 Å². The molecule has 1 aromatic carbocycles. The van der Waals surface area contributed by atoms with Crippen LogP contribution >= 0.6 is 0 Å². The van der Waals surface area contributed by atoms with Crippen molar-refractivity contribution in [3.05, 3.63) is 48.9 Å². The highest BCUT2D eigenvalue weighted by Gasteiger charge is 2.11. The van der Waals surface area contributed by atoms with Crippen molar-refractivity contribution in [2.45, 2.75) is 0 Å². The minimum atomic E-state index is 0.604. The Morgan fingerprint density at radius 3 is 3.00 bits per heavy atom. The number of aromatic nitrogens is 3. The average Bonchev–Trinajstić information content (AvgIpc) is 3.05. The predicted octanol–water partition coefficient (Wildman–Crippen LogP) is 3.37. The lowest BCUT2D eigenvalue weighted by atomic mass is 10.2. The van der Waals surface area contributed by atoms with Crippen LogP contribution in [0.25, 0.3) is 33.5 Å². The molecule has 0 bridgehead atoms. The minimum absolute atomic E-state index is 0.604. The van der Waals surface area contributed by atoms with Gasteiger partial charge in [0.05, 0.1) is 5.56 Å². The molecule has 0 saturated carbocycles. The summed E-state index contributed by atoms with van der Waals surface area (Å²) < 4.78 is 5.77. The third-order valence-electron chi connectivity index (χ3n) is 3.00. The number of hydrogen-bond donors (Lipinski definition) is 1. The van der Waals surface area contributed by atoms with Crippen LogP contribution in [0.15, 0.2) is 53.3 Å². The van der Waals surface area contributed by atoms with Gasteiger partial charge in [-0.15, -0.1) is 0 Å². The summed E-state index contributed by atoms with van der Waals surface area (Å²) in [5.74, 6) is 0.604. The third kappa shape index (κ3) is 1.26. The second-order valence-corrected chi connectivity index (χ2v) is 4.11. The first-order valence-electron chi connectivity index (χ1n) is 5.69. The van der Waals surface area contributed by atoms with Crippen LogP contribution in [0.4, 0.5) is 0 Å². The molecular formula is C14H9N3O. The van der Waals surface area contributed by atoms with E-state index in [9.17, 15) is 0 Å². The van der Waals surface area contributed by atoms with Gasteiger partial charge < -0.3 is 9.40 Å². The first-order valence-corrected chi connectivity index (χ1v) is 5.69. The number of H-pyrrole nitrogens is 1. The number of rotatable bonds is 1. The number of nitrogens with zero attached hydrogens (tertiary/aromatic N) is 2. The molecule has 0 radical (unpaired) electrons. The Morgan fingerprint density at radius 2 is 2.11 bits per heavy atom. The summed E-state index contributed by atoms with van der Waals surface area (Å²) in [6.45, 7) is 0. The Labute approximate surface area is 102 Å². The van der Waals surface area contributed by atoms with Gasteiger partial charge in [-0.2, -0.15) is 0 Å². The maximum absolute atomic E-state index is 5.77. The Bertz CT molecular complexity index is 830. The summed E-state index contributed by atoms with van der Waals surface area (Å²) >= 11 is 0. The highest BCUT2D eigenvalue weighted by Crippen LogP contribution is 2.28. The highest BCUT2D eigenvalue weighted by atomic mass is 16.3. The van der Waals surface area contributed by atoms with Crippen molar-refractivity contribution in [3.8, 4) is 11.5 Å². The fraction of sp³-hybridized carbons (Fsp3) is 0. The van der Waals surface area contributed by atoms with E-state index >= 15 is 0 Å². The van der Waals surface area contributed by atoms with E-state index in [0.29, 0.717) is 5.89 Å². The molecule has 0 aliphatic heterocycles. The van der Waals surface area contributed by atoms with E-state index in [1.807, 2.05) is 36.5 Å². The zero-order chi connectivity index (χ0) is 11.9. The van der Waals surface area contributed by atoms with E-state index in [1.54, 1.807) is 12.4 Å². The second kappa shape index (κ2) is 3.43. The molecule has 3 heterocycles. The summed E-state index contributed by atoms with van der Waals surface area (Å²) in [7, 11) is 0. The summed E-state index contributed by atoms with van der Waals surface area (Å²) in [6.07, 6.45) is 5.39. The predicted molar refractivity (Wildman–Crippen MR) is 69.1 cm³/mol. The lowest BCUT2D eigenvalue weighted by Crippen LogP contribution is -1.77. The average molecular weight is 235 g/mol. The molecule has 0 fully saturated rings. The van der Waals surface area contributed by atoms with Crippen LogP contribution < -0.4 is 0 Å². The molecule has 3 aromatic heterocycles. The summed E-state index contributed by atoms with van der Waals surface area (Å²) in [5.41, 5.74) is 3.62. The minimum Gasteiger partial charge on any atom is -0.436 e. The van der Waals surface area contributed by atoms with Crippen molar-refractivity contribution in [3.63, 3.8) is 0 Å². The summed E-state index contributed by atoms with van der Waals surface area (Å²) in [5, 5.41) is 1.08. The molecule has 4 aromatic rings. The standard InChI is InChI=1S/C14H9N3O/c1-2-9(8-15-6-1)14-17-13-10-5-7-16-11(10)3-4-12(13)18-14/h1-8,16H. The monoisotopic (exact) mass is 235 g/mol. The SMILES string of the molecule is c1cncc(-c2nc3c(ccc4[nH]ccc43)o2)c1. The summed E-state index contributed by atoms with van der Waals surface area (Å²) in [4.78, 5) is 11.8. The topological polar surface area (TPSA) is 54.7 Å². The molecule has 0 spiro atoms. The van der Waals surface area contributed by atoms with E-state index in [2.05, 4.69) is 15.0 Å². The zero-order valence-electron chi connectivity index (χ0n) is 9.42. The summed E-state index contributed by atoms with van der Waals surface area (Å²) in [6, 6.07) is 9.74. The van der Waals surface area contributed by atoms with Crippen molar-refractivity contribution >= 4 is 22.0 Å². The maximum Gasteiger partial charge on any atom is 0.228 e. The normalized spacial score (nSPS) is 11.3. The fourth-order valence-corrected chi connectivity index (χ4v) is 2.14. The fourth-order valence-electron chi connectivity index (χ4n) is 2.14. The van der Waals surface area contributed by atoms with E-state index in [4.69, 9.17) is 4.42 Å². The molecular weight excluding hydrogens is 226 g/mol. The van der Waals surface area contributed by atoms with Crippen molar-refractivity contribution in [2.24, 2.45) is 0 Å². The molecule has 4 nitrogen and oxygen atoms in total. The van der Waals surface area contributed by atoms with Gasteiger partial charge in [0.1, 0.15) is 5.52 Å². The number of oxazole rings is 1. The number of hydrogen-bond acceptors (Lipinski definition) is 3. The molecule has 4 heteroatoms. The molecule has 0 aliphatic rings. The van der Waals surface area contributed by atoms with Crippen LogP contribution in [0.5, 0.6) is 0 Å². The van der Waals surface area contributed by atoms with E-state index < -0.39 is 0 Å². The highest BCUT2D eigenvalue weighted by molar-refractivity contribution is 6.02. The van der Waals surface area contributed by atoms with Crippen molar-refractivity contribution in [1.29, 1.82) is 0 Å². The quantitative estimate of drug-likeness (QED) is 0.550. The molecule has 0 saturated heterocycles. The van der Waals surface area contributed by atoms with Gasteiger partial charge in [0.25, 0.3) is 0 Å². The lowest BCUT2D eigenvalue weighted by Gasteiger charge is -1.90. The molecule has 4 rings (SSSR count). The van der Waals surface area contributed by atoms with Crippen molar-refractivity contribution in [2.75, 3.05) is 0 Å². The first kappa shape index (κ1) is 9.41. The molecule has 0 unspecified atom stereocenters. The van der Waals surface area contributed by atoms with Crippen LogP contribution in [-0.4, -0.2) is 15.0 Å². The molecule has 0 aliphatic carbocycles. The van der Waals surface area contributed by atoms with Gasteiger partial charge in [0, 0.05) is 29.5 Å². The van der Waals surface area contributed by atoms with Crippen molar-refractivity contribution < 1.29 is 4.42 Å². The van der Waals surface area contributed by atoms with E-state index in [0.717, 1.165) is 27.6 Å². The molecule has 0 atom stereocenters. The zero-order valence-corrected chi connectivity index (χ0v) is 9.42. The van der Waals surface area contributed by atoms with Crippen LogP contribution in [0, 0.1) is 0 Å². The van der Waals surface area contributed by atoms with Gasteiger partial charge in [-0.1, -0.05) is 0 Å². The maximum atomic E-state index is 5.77. The smallest absolute Gasteiger partial charge is 0.228 e. The molecule has 86 valence electrons. The number of fused-ring (bicyclic) bond motifs is 3. The van der Waals surface area contributed by atoms with Crippen LogP contribution in [0.3, 0.4) is 0 Å². The van der Waals surface area contributed by atoms with Gasteiger partial charge in [-0.05, 0) is 30.3 Å². The molecule has 18 heavy (non-hydrogen) atoms.